The molecule has 0 fully saturated rings. The van der Waals surface area contributed by atoms with Crippen molar-refractivity contribution < 1.29 is 9.47 Å². The van der Waals surface area contributed by atoms with Gasteiger partial charge >= 0.3 is 0 Å². The highest BCUT2D eigenvalue weighted by molar-refractivity contribution is 5.80. The van der Waals surface area contributed by atoms with Crippen molar-refractivity contribution in [2.75, 3.05) is 40.0 Å². The predicted octanol–water partition coefficient (Wildman–Crippen LogP) is 1.31. The minimum atomic E-state index is 0.496. The number of rotatable bonds is 9. The molecule has 0 heterocycles. The summed E-state index contributed by atoms with van der Waals surface area (Å²) in [5.74, 6) is 0.910. The van der Waals surface area contributed by atoms with Crippen molar-refractivity contribution in [2.45, 2.75) is 32.2 Å². The van der Waals surface area contributed by atoms with Gasteiger partial charge in [0.1, 0.15) is 0 Å². The van der Waals surface area contributed by atoms with Crippen LogP contribution in [-0.4, -0.2) is 52.0 Å². The maximum absolute atomic E-state index is 5.40. The predicted molar refractivity (Wildman–Crippen MR) is 78.6 cm³/mol. The van der Waals surface area contributed by atoms with Crippen LogP contribution in [0.15, 0.2) is 17.1 Å². The maximum Gasteiger partial charge on any atom is 0.191 e. The highest BCUT2D eigenvalue weighted by Gasteiger charge is 2.10. The third-order valence-electron chi connectivity index (χ3n) is 2.84. The highest BCUT2D eigenvalue weighted by atomic mass is 16.5. The van der Waals surface area contributed by atoms with Gasteiger partial charge in [-0.2, -0.15) is 0 Å². The lowest BCUT2D eigenvalue weighted by Crippen LogP contribution is -2.42. The van der Waals surface area contributed by atoms with E-state index < -0.39 is 0 Å². The maximum atomic E-state index is 5.40. The molecule has 1 aliphatic carbocycles. The summed E-state index contributed by atoms with van der Waals surface area (Å²) in [7, 11) is 1.68. The normalized spacial score (nSPS) is 16.0. The summed E-state index contributed by atoms with van der Waals surface area (Å²) in [5, 5.41) is 6.71. The summed E-state index contributed by atoms with van der Waals surface area (Å²) >= 11 is 0. The standard InChI is InChI=1S/C14H27N3O2/c1-3-15-14(17-13-7-4-5-8-13)16-9-6-10-19-12-11-18-2/h4-5,13H,3,6-12H2,1-2H3,(H2,15,16,17). The van der Waals surface area contributed by atoms with Gasteiger partial charge in [-0.1, -0.05) is 12.2 Å². The molecule has 5 heteroatoms. The molecule has 0 saturated heterocycles. The first-order valence-electron chi connectivity index (χ1n) is 7.13. The van der Waals surface area contributed by atoms with Gasteiger partial charge in [-0.25, -0.2) is 0 Å². The largest absolute Gasteiger partial charge is 0.382 e. The number of hydrogen-bond donors (Lipinski definition) is 2. The molecular weight excluding hydrogens is 242 g/mol. The van der Waals surface area contributed by atoms with Gasteiger partial charge in [0, 0.05) is 32.8 Å². The third kappa shape index (κ3) is 7.85. The zero-order valence-electron chi connectivity index (χ0n) is 12.2. The Labute approximate surface area is 116 Å². The SMILES string of the molecule is CCNC(=NCCCOCCOC)NC1CC=CC1. The molecule has 2 N–H and O–H groups in total. The summed E-state index contributed by atoms with van der Waals surface area (Å²) < 4.78 is 10.3. The van der Waals surface area contributed by atoms with Crippen molar-refractivity contribution >= 4 is 5.96 Å². The number of ether oxygens (including phenoxy) is 2. The minimum Gasteiger partial charge on any atom is -0.382 e. The third-order valence-corrected chi connectivity index (χ3v) is 2.84. The first-order valence-corrected chi connectivity index (χ1v) is 7.13. The fourth-order valence-corrected chi connectivity index (χ4v) is 1.85. The Morgan fingerprint density at radius 2 is 2.05 bits per heavy atom. The van der Waals surface area contributed by atoms with E-state index in [2.05, 4.69) is 34.7 Å². The molecule has 0 unspecified atom stereocenters. The molecular formula is C14H27N3O2. The number of nitrogens with zero attached hydrogens (tertiary/aromatic N) is 1. The zero-order valence-corrected chi connectivity index (χ0v) is 12.2. The van der Waals surface area contributed by atoms with E-state index in [4.69, 9.17) is 9.47 Å². The summed E-state index contributed by atoms with van der Waals surface area (Å²) in [4.78, 5) is 4.55. The quantitative estimate of drug-likeness (QED) is 0.287. The number of nitrogens with one attached hydrogen (secondary N) is 2. The zero-order chi connectivity index (χ0) is 13.8. The Kier molecular flexibility index (Phi) is 9.10. The summed E-state index contributed by atoms with van der Waals surface area (Å²) in [5.41, 5.74) is 0. The van der Waals surface area contributed by atoms with Gasteiger partial charge in [0.05, 0.1) is 13.2 Å². The Morgan fingerprint density at radius 3 is 2.74 bits per heavy atom. The topological polar surface area (TPSA) is 54.9 Å². The van der Waals surface area contributed by atoms with Crippen LogP contribution in [0.25, 0.3) is 0 Å². The van der Waals surface area contributed by atoms with E-state index >= 15 is 0 Å². The monoisotopic (exact) mass is 269 g/mol. The molecule has 110 valence electrons. The number of methoxy groups -OCH3 is 1. The van der Waals surface area contributed by atoms with E-state index in [0.717, 1.165) is 44.9 Å². The molecule has 5 nitrogen and oxygen atoms in total. The molecule has 0 aromatic rings. The molecule has 1 rings (SSSR count). The van der Waals surface area contributed by atoms with Crippen molar-refractivity contribution in [1.29, 1.82) is 0 Å². The van der Waals surface area contributed by atoms with Crippen molar-refractivity contribution in [3.8, 4) is 0 Å². The lowest BCUT2D eigenvalue weighted by atomic mass is 10.2. The van der Waals surface area contributed by atoms with Gasteiger partial charge in [0.25, 0.3) is 0 Å². The van der Waals surface area contributed by atoms with Crippen LogP contribution in [0.2, 0.25) is 0 Å². The second-order valence-electron chi connectivity index (χ2n) is 4.50. The van der Waals surface area contributed by atoms with Crippen LogP contribution in [-0.2, 0) is 9.47 Å². The van der Waals surface area contributed by atoms with Crippen molar-refractivity contribution in [1.82, 2.24) is 10.6 Å². The van der Waals surface area contributed by atoms with E-state index in [0.29, 0.717) is 19.3 Å². The lowest BCUT2D eigenvalue weighted by molar-refractivity contribution is 0.0702. The average molecular weight is 269 g/mol. The average Bonchev–Trinajstić information content (AvgIpc) is 2.91. The Hall–Kier alpha value is -1.07. The van der Waals surface area contributed by atoms with Gasteiger partial charge in [-0.15, -0.1) is 0 Å². The van der Waals surface area contributed by atoms with Crippen LogP contribution in [0.4, 0.5) is 0 Å². The van der Waals surface area contributed by atoms with E-state index in [-0.39, 0.29) is 0 Å². The van der Waals surface area contributed by atoms with Crippen LogP contribution in [0.5, 0.6) is 0 Å². The fraction of sp³-hybridized carbons (Fsp3) is 0.786. The van der Waals surface area contributed by atoms with Crippen LogP contribution < -0.4 is 10.6 Å². The van der Waals surface area contributed by atoms with Gasteiger partial charge in [0.15, 0.2) is 5.96 Å². The number of aliphatic imine (C=N–C) groups is 1. The molecule has 0 aromatic heterocycles. The van der Waals surface area contributed by atoms with E-state index in [9.17, 15) is 0 Å². The number of guanidine groups is 1. The molecule has 0 aromatic carbocycles. The van der Waals surface area contributed by atoms with Crippen LogP contribution >= 0.6 is 0 Å². The molecule has 0 bridgehead atoms. The molecule has 0 atom stereocenters. The molecule has 0 spiro atoms. The molecule has 19 heavy (non-hydrogen) atoms. The second kappa shape index (κ2) is 10.8. The number of hydrogen-bond acceptors (Lipinski definition) is 3. The van der Waals surface area contributed by atoms with E-state index in [1.54, 1.807) is 7.11 Å². The minimum absolute atomic E-state index is 0.496. The molecule has 0 aliphatic heterocycles. The molecule has 0 saturated carbocycles. The summed E-state index contributed by atoms with van der Waals surface area (Å²) in [6, 6.07) is 0.496. The second-order valence-corrected chi connectivity index (χ2v) is 4.50. The van der Waals surface area contributed by atoms with Crippen LogP contribution in [0.1, 0.15) is 26.2 Å². The van der Waals surface area contributed by atoms with Gasteiger partial charge in [-0.05, 0) is 26.2 Å². The molecule has 1 aliphatic rings. The van der Waals surface area contributed by atoms with Crippen molar-refractivity contribution in [2.24, 2.45) is 4.99 Å². The van der Waals surface area contributed by atoms with Crippen LogP contribution in [0, 0.1) is 0 Å². The van der Waals surface area contributed by atoms with E-state index in [1.165, 1.54) is 0 Å². The molecule has 0 amide bonds. The summed E-state index contributed by atoms with van der Waals surface area (Å²) in [6.45, 7) is 5.79. The lowest BCUT2D eigenvalue weighted by Gasteiger charge is -2.16. The van der Waals surface area contributed by atoms with Crippen LogP contribution in [0.3, 0.4) is 0 Å². The first-order chi connectivity index (χ1) is 9.36. The highest BCUT2D eigenvalue weighted by Crippen LogP contribution is 2.08. The van der Waals surface area contributed by atoms with E-state index in [1.807, 2.05) is 0 Å². The first kappa shape index (κ1) is 16.0. The fourth-order valence-electron chi connectivity index (χ4n) is 1.85. The van der Waals surface area contributed by atoms with Gasteiger partial charge < -0.3 is 20.1 Å². The molecule has 0 radical (unpaired) electrons. The Morgan fingerprint density at radius 1 is 1.26 bits per heavy atom. The Bertz CT molecular complexity index is 272. The van der Waals surface area contributed by atoms with Crippen molar-refractivity contribution in [3.05, 3.63) is 12.2 Å². The summed E-state index contributed by atoms with van der Waals surface area (Å²) in [6.07, 6.45) is 7.54. The van der Waals surface area contributed by atoms with Crippen molar-refractivity contribution in [3.63, 3.8) is 0 Å². The van der Waals surface area contributed by atoms with Gasteiger partial charge in [-0.3, -0.25) is 4.99 Å². The smallest absolute Gasteiger partial charge is 0.191 e. The van der Waals surface area contributed by atoms with Gasteiger partial charge in [0.2, 0.25) is 0 Å². The Balaban J connectivity index is 2.13.